The molecule has 0 heterocycles. The van der Waals surface area contributed by atoms with Crippen molar-refractivity contribution in [2.75, 3.05) is 13.2 Å². The van der Waals surface area contributed by atoms with E-state index in [1.165, 1.54) is 11.1 Å². The molecule has 0 saturated heterocycles. The number of rotatable bonds is 10. The summed E-state index contributed by atoms with van der Waals surface area (Å²) in [5, 5.41) is 13.2. The van der Waals surface area contributed by atoms with Gasteiger partial charge in [0.2, 0.25) is 0 Å². The van der Waals surface area contributed by atoms with Crippen LogP contribution < -0.4 is 4.74 Å². The summed E-state index contributed by atoms with van der Waals surface area (Å²) < 4.78 is 5.69. The molecule has 3 aromatic rings. The summed E-state index contributed by atoms with van der Waals surface area (Å²) in [4.78, 5) is 16.3. The van der Waals surface area contributed by atoms with Crippen molar-refractivity contribution < 1.29 is 19.5 Å². The van der Waals surface area contributed by atoms with Crippen LogP contribution in [-0.4, -0.2) is 30.0 Å². The average Bonchev–Trinajstić information content (AvgIpc) is 2.76. The van der Waals surface area contributed by atoms with Gasteiger partial charge in [0.25, 0.3) is 0 Å². The third-order valence-electron chi connectivity index (χ3n) is 4.73. The molecule has 0 aliphatic carbocycles. The van der Waals surface area contributed by atoms with Crippen molar-refractivity contribution in [3.05, 3.63) is 101 Å². The third kappa shape index (κ3) is 7.00. The van der Waals surface area contributed by atoms with Gasteiger partial charge in [0.15, 0.2) is 0 Å². The normalized spacial score (nSPS) is 10.4. The van der Waals surface area contributed by atoms with Gasteiger partial charge in [0, 0.05) is 17.5 Å². The van der Waals surface area contributed by atoms with Crippen LogP contribution >= 0.6 is 0 Å². The standard InChI is InChI=1S/C26H27NO4/c1-19-4-10-22(11-5-19)26(23-12-6-20(2)7-13-23)27-31-17-3-16-30-24-14-8-21(9-15-24)18-25(28)29/h4-15H,3,16-18H2,1-2H3,(H,28,29). The van der Waals surface area contributed by atoms with Crippen molar-refractivity contribution in [2.45, 2.75) is 26.7 Å². The van der Waals surface area contributed by atoms with Gasteiger partial charge in [-0.25, -0.2) is 0 Å². The lowest BCUT2D eigenvalue weighted by Crippen LogP contribution is -2.06. The molecular formula is C26H27NO4. The van der Waals surface area contributed by atoms with E-state index in [0.29, 0.717) is 25.4 Å². The molecule has 3 aromatic carbocycles. The summed E-state index contributed by atoms with van der Waals surface area (Å²) in [6.45, 7) is 5.03. The average molecular weight is 418 g/mol. The Kier molecular flexibility index (Phi) is 7.82. The summed E-state index contributed by atoms with van der Waals surface area (Å²) >= 11 is 0. The number of carbonyl (C=O) groups is 1. The number of aliphatic carboxylic acids is 1. The molecule has 0 aliphatic heterocycles. The lowest BCUT2D eigenvalue weighted by molar-refractivity contribution is -0.136. The lowest BCUT2D eigenvalue weighted by Gasteiger charge is -2.09. The van der Waals surface area contributed by atoms with E-state index in [2.05, 4.69) is 67.5 Å². The quantitative estimate of drug-likeness (QED) is 0.281. The maximum Gasteiger partial charge on any atom is 0.307 e. The maximum atomic E-state index is 10.7. The highest BCUT2D eigenvalue weighted by atomic mass is 16.6. The molecule has 0 radical (unpaired) electrons. The number of carboxylic acids is 1. The first-order valence-electron chi connectivity index (χ1n) is 10.3. The van der Waals surface area contributed by atoms with Crippen LogP contribution in [0.1, 0.15) is 34.2 Å². The van der Waals surface area contributed by atoms with Crippen molar-refractivity contribution in [2.24, 2.45) is 5.16 Å². The Bertz CT molecular complexity index is 959. The highest BCUT2D eigenvalue weighted by Gasteiger charge is 2.08. The topological polar surface area (TPSA) is 68.1 Å². The summed E-state index contributed by atoms with van der Waals surface area (Å²) in [6, 6.07) is 23.5. The summed E-state index contributed by atoms with van der Waals surface area (Å²) in [5.74, 6) is -0.139. The number of oxime groups is 1. The third-order valence-corrected chi connectivity index (χ3v) is 4.73. The zero-order valence-electron chi connectivity index (χ0n) is 17.9. The predicted octanol–water partition coefficient (Wildman–Crippen LogP) is 5.17. The minimum Gasteiger partial charge on any atom is -0.493 e. The van der Waals surface area contributed by atoms with Gasteiger partial charge in [-0.2, -0.15) is 0 Å². The van der Waals surface area contributed by atoms with Gasteiger partial charge in [-0.1, -0.05) is 76.9 Å². The number of hydrogen-bond acceptors (Lipinski definition) is 4. The Balaban J connectivity index is 1.54. The zero-order chi connectivity index (χ0) is 22.1. The van der Waals surface area contributed by atoms with E-state index in [4.69, 9.17) is 14.7 Å². The number of aryl methyl sites for hydroxylation is 2. The summed E-state index contributed by atoms with van der Waals surface area (Å²) in [7, 11) is 0. The number of benzene rings is 3. The van der Waals surface area contributed by atoms with Gasteiger partial charge < -0.3 is 14.7 Å². The van der Waals surface area contributed by atoms with E-state index in [-0.39, 0.29) is 6.42 Å². The second-order valence-electron chi connectivity index (χ2n) is 7.42. The van der Waals surface area contributed by atoms with Crippen molar-refractivity contribution in [3.8, 4) is 5.75 Å². The summed E-state index contributed by atoms with van der Waals surface area (Å²) in [5.41, 5.74) is 5.95. The van der Waals surface area contributed by atoms with Crippen LogP contribution in [0.25, 0.3) is 0 Å². The van der Waals surface area contributed by atoms with Crippen molar-refractivity contribution in [3.63, 3.8) is 0 Å². The molecule has 0 bridgehead atoms. The molecule has 31 heavy (non-hydrogen) atoms. The van der Waals surface area contributed by atoms with Crippen LogP contribution in [0.2, 0.25) is 0 Å². The van der Waals surface area contributed by atoms with E-state index >= 15 is 0 Å². The highest BCUT2D eigenvalue weighted by molar-refractivity contribution is 6.12. The second kappa shape index (κ2) is 11.0. The van der Waals surface area contributed by atoms with Gasteiger partial charge >= 0.3 is 5.97 Å². The smallest absolute Gasteiger partial charge is 0.307 e. The van der Waals surface area contributed by atoms with Crippen molar-refractivity contribution in [1.82, 2.24) is 0 Å². The Labute approximate surface area is 182 Å². The van der Waals surface area contributed by atoms with Crippen LogP contribution in [0.3, 0.4) is 0 Å². The SMILES string of the molecule is Cc1ccc(C(=NOCCCOc2ccc(CC(=O)O)cc2)c2ccc(C)cc2)cc1. The van der Waals surface area contributed by atoms with Gasteiger partial charge in [-0.05, 0) is 31.5 Å². The minimum absolute atomic E-state index is 0.0103. The first kappa shape index (κ1) is 22.1. The van der Waals surface area contributed by atoms with Crippen molar-refractivity contribution in [1.29, 1.82) is 0 Å². The lowest BCUT2D eigenvalue weighted by atomic mass is 10.0. The molecule has 0 atom stereocenters. The molecule has 0 saturated carbocycles. The largest absolute Gasteiger partial charge is 0.493 e. The fourth-order valence-corrected chi connectivity index (χ4v) is 3.00. The van der Waals surface area contributed by atoms with Crippen LogP contribution in [0.15, 0.2) is 78.0 Å². The fraction of sp³-hybridized carbons (Fsp3) is 0.231. The molecule has 5 nitrogen and oxygen atoms in total. The minimum atomic E-state index is -0.845. The predicted molar refractivity (Wildman–Crippen MR) is 122 cm³/mol. The molecule has 5 heteroatoms. The number of hydrogen-bond donors (Lipinski definition) is 1. The van der Waals surface area contributed by atoms with E-state index in [0.717, 1.165) is 22.4 Å². The molecular weight excluding hydrogens is 390 g/mol. The fourth-order valence-electron chi connectivity index (χ4n) is 3.00. The summed E-state index contributed by atoms with van der Waals surface area (Å²) in [6.07, 6.45) is 0.686. The Hall–Kier alpha value is -3.60. The second-order valence-corrected chi connectivity index (χ2v) is 7.42. The Morgan fingerprint density at radius 1 is 0.806 bits per heavy atom. The van der Waals surface area contributed by atoms with Gasteiger partial charge in [0.05, 0.1) is 13.0 Å². The molecule has 3 rings (SSSR count). The molecule has 0 aromatic heterocycles. The van der Waals surface area contributed by atoms with Gasteiger partial charge in [-0.3, -0.25) is 4.79 Å². The van der Waals surface area contributed by atoms with E-state index in [9.17, 15) is 4.79 Å². The molecule has 0 fully saturated rings. The van der Waals surface area contributed by atoms with Crippen molar-refractivity contribution >= 4 is 11.7 Å². The maximum absolute atomic E-state index is 10.7. The van der Waals surface area contributed by atoms with E-state index in [1.807, 2.05) is 0 Å². The van der Waals surface area contributed by atoms with Gasteiger partial charge in [-0.15, -0.1) is 0 Å². The molecule has 0 spiro atoms. The molecule has 0 amide bonds. The van der Waals surface area contributed by atoms with E-state index < -0.39 is 5.97 Å². The zero-order valence-corrected chi connectivity index (χ0v) is 17.9. The Morgan fingerprint density at radius 3 is 1.87 bits per heavy atom. The Morgan fingerprint density at radius 2 is 1.35 bits per heavy atom. The van der Waals surface area contributed by atoms with Crippen LogP contribution in [0.5, 0.6) is 5.75 Å². The molecule has 160 valence electrons. The van der Waals surface area contributed by atoms with E-state index in [1.54, 1.807) is 24.3 Å². The van der Waals surface area contributed by atoms with Crippen LogP contribution in [0.4, 0.5) is 0 Å². The van der Waals surface area contributed by atoms with Gasteiger partial charge in [0.1, 0.15) is 18.1 Å². The number of carboxylic acid groups (broad SMARTS) is 1. The molecule has 1 N–H and O–H groups in total. The highest BCUT2D eigenvalue weighted by Crippen LogP contribution is 2.15. The van der Waals surface area contributed by atoms with Crippen LogP contribution in [-0.2, 0) is 16.1 Å². The number of ether oxygens (including phenoxy) is 1. The molecule has 0 aliphatic rings. The van der Waals surface area contributed by atoms with Crippen LogP contribution in [0, 0.1) is 13.8 Å². The molecule has 0 unspecified atom stereocenters. The first-order valence-corrected chi connectivity index (χ1v) is 10.3. The first-order chi connectivity index (χ1) is 15.0. The number of nitrogens with zero attached hydrogens (tertiary/aromatic N) is 1. The monoisotopic (exact) mass is 417 g/mol.